The van der Waals surface area contributed by atoms with Crippen molar-refractivity contribution in [1.29, 1.82) is 0 Å². The van der Waals surface area contributed by atoms with E-state index in [2.05, 4.69) is 0 Å². The van der Waals surface area contributed by atoms with E-state index in [0.717, 1.165) is 0 Å². The standard InChI is InChI=1S/C11H19NO4/c1-3-15-10(13)8-9(6-5-7-12)11(14)16-4-2/h8H,3-7,12H2,1-2H3/b9-8-. The Hall–Kier alpha value is -1.36. The number of carbonyl (C=O) groups excluding carboxylic acids is 2. The average Bonchev–Trinajstić information content (AvgIpc) is 2.24. The fraction of sp³-hybridized carbons (Fsp3) is 0.636. The largest absolute Gasteiger partial charge is 0.463 e. The summed E-state index contributed by atoms with van der Waals surface area (Å²) in [5.41, 5.74) is 5.66. The molecule has 0 spiro atoms. The topological polar surface area (TPSA) is 78.6 Å². The summed E-state index contributed by atoms with van der Waals surface area (Å²) in [6.45, 7) is 4.43. The molecule has 0 amide bonds. The highest BCUT2D eigenvalue weighted by Gasteiger charge is 2.12. The molecule has 0 heterocycles. The maximum absolute atomic E-state index is 11.4. The van der Waals surface area contributed by atoms with Crippen LogP contribution in [0.1, 0.15) is 26.7 Å². The predicted molar refractivity (Wildman–Crippen MR) is 59.6 cm³/mol. The van der Waals surface area contributed by atoms with Crippen LogP contribution in [0, 0.1) is 0 Å². The molecule has 5 heteroatoms. The van der Waals surface area contributed by atoms with E-state index in [9.17, 15) is 9.59 Å². The quantitative estimate of drug-likeness (QED) is 0.515. The van der Waals surface area contributed by atoms with Gasteiger partial charge in [0.05, 0.1) is 13.2 Å². The molecule has 0 unspecified atom stereocenters. The second-order valence-electron chi connectivity index (χ2n) is 3.03. The maximum atomic E-state index is 11.4. The Morgan fingerprint density at radius 2 is 1.81 bits per heavy atom. The molecule has 2 N–H and O–H groups in total. The molecule has 92 valence electrons. The number of nitrogens with two attached hydrogens (primary N) is 1. The maximum Gasteiger partial charge on any atom is 0.334 e. The lowest BCUT2D eigenvalue weighted by Gasteiger charge is -2.06. The van der Waals surface area contributed by atoms with E-state index in [1.165, 1.54) is 6.08 Å². The Balaban J connectivity index is 4.51. The zero-order valence-corrected chi connectivity index (χ0v) is 9.82. The Kier molecular flexibility index (Phi) is 8.15. The number of esters is 2. The van der Waals surface area contributed by atoms with Crippen molar-refractivity contribution in [3.05, 3.63) is 11.6 Å². The molecule has 0 saturated carbocycles. The SMILES string of the molecule is CCOC(=O)/C=C(/CCCN)C(=O)OCC. The van der Waals surface area contributed by atoms with Crippen LogP contribution in [-0.4, -0.2) is 31.7 Å². The Morgan fingerprint density at radius 1 is 1.19 bits per heavy atom. The molecule has 0 rings (SSSR count). The molecule has 0 fully saturated rings. The molecule has 0 aliphatic rings. The highest BCUT2D eigenvalue weighted by molar-refractivity contribution is 5.96. The van der Waals surface area contributed by atoms with Crippen LogP contribution in [0.25, 0.3) is 0 Å². The van der Waals surface area contributed by atoms with Gasteiger partial charge in [-0.1, -0.05) is 0 Å². The third-order valence-electron chi connectivity index (χ3n) is 1.77. The number of carbonyl (C=O) groups is 2. The van der Waals surface area contributed by atoms with Crippen molar-refractivity contribution in [1.82, 2.24) is 0 Å². The second-order valence-corrected chi connectivity index (χ2v) is 3.03. The normalized spacial score (nSPS) is 11.1. The molecule has 16 heavy (non-hydrogen) atoms. The molecule has 0 aromatic rings. The molecule has 0 aromatic heterocycles. The van der Waals surface area contributed by atoms with Crippen LogP contribution in [0.3, 0.4) is 0 Å². The number of ether oxygens (including phenoxy) is 2. The van der Waals surface area contributed by atoms with Gasteiger partial charge >= 0.3 is 11.9 Å². The number of hydrogen-bond acceptors (Lipinski definition) is 5. The Labute approximate surface area is 95.6 Å². The summed E-state index contributed by atoms with van der Waals surface area (Å²) < 4.78 is 9.55. The Bertz CT molecular complexity index is 261. The van der Waals surface area contributed by atoms with Gasteiger partial charge in [0.15, 0.2) is 0 Å². The van der Waals surface area contributed by atoms with E-state index in [1.807, 2.05) is 0 Å². The van der Waals surface area contributed by atoms with Crippen molar-refractivity contribution in [3.8, 4) is 0 Å². The van der Waals surface area contributed by atoms with Crippen LogP contribution in [0.2, 0.25) is 0 Å². The minimum atomic E-state index is -0.525. The summed E-state index contributed by atoms with van der Waals surface area (Å²) in [5.74, 6) is -1.01. The minimum absolute atomic E-state index is 0.279. The van der Waals surface area contributed by atoms with Gasteiger partial charge in [-0.2, -0.15) is 0 Å². The van der Waals surface area contributed by atoms with Crippen LogP contribution in [-0.2, 0) is 19.1 Å². The average molecular weight is 229 g/mol. The molecule has 0 aromatic carbocycles. The predicted octanol–water partition coefficient (Wildman–Crippen LogP) is 0.778. The molecule has 0 atom stereocenters. The summed E-state index contributed by atoms with van der Waals surface area (Å²) in [6.07, 6.45) is 2.23. The minimum Gasteiger partial charge on any atom is -0.463 e. The van der Waals surface area contributed by atoms with Gasteiger partial charge in [-0.05, 0) is 33.2 Å². The van der Waals surface area contributed by atoms with Crippen molar-refractivity contribution in [2.45, 2.75) is 26.7 Å². The summed E-state index contributed by atoms with van der Waals surface area (Å²) >= 11 is 0. The zero-order chi connectivity index (χ0) is 12.4. The first-order valence-electron chi connectivity index (χ1n) is 5.40. The molecule has 0 radical (unpaired) electrons. The van der Waals surface area contributed by atoms with Gasteiger partial charge < -0.3 is 15.2 Å². The van der Waals surface area contributed by atoms with Gasteiger partial charge in [0.1, 0.15) is 0 Å². The van der Waals surface area contributed by atoms with Gasteiger partial charge in [-0.15, -0.1) is 0 Å². The van der Waals surface area contributed by atoms with E-state index in [0.29, 0.717) is 25.0 Å². The number of rotatable bonds is 7. The van der Waals surface area contributed by atoms with E-state index >= 15 is 0 Å². The summed E-state index contributed by atoms with van der Waals surface area (Å²) in [4.78, 5) is 22.6. The lowest BCUT2D eigenvalue weighted by molar-refractivity contribution is -0.141. The van der Waals surface area contributed by atoms with E-state index in [1.54, 1.807) is 13.8 Å². The van der Waals surface area contributed by atoms with Gasteiger partial charge in [0.25, 0.3) is 0 Å². The van der Waals surface area contributed by atoms with Crippen LogP contribution < -0.4 is 5.73 Å². The van der Waals surface area contributed by atoms with Crippen LogP contribution in [0.5, 0.6) is 0 Å². The highest BCUT2D eigenvalue weighted by atomic mass is 16.5. The number of hydrogen-bond donors (Lipinski definition) is 1. The first-order valence-corrected chi connectivity index (χ1v) is 5.40. The van der Waals surface area contributed by atoms with Crippen molar-refractivity contribution in [3.63, 3.8) is 0 Å². The fourth-order valence-corrected chi connectivity index (χ4v) is 1.08. The highest BCUT2D eigenvalue weighted by Crippen LogP contribution is 2.07. The first-order chi connectivity index (χ1) is 7.65. The lowest BCUT2D eigenvalue weighted by atomic mass is 10.1. The van der Waals surface area contributed by atoms with Crippen molar-refractivity contribution < 1.29 is 19.1 Å². The van der Waals surface area contributed by atoms with E-state index in [-0.39, 0.29) is 13.2 Å². The van der Waals surface area contributed by atoms with Crippen molar-refractivity contribution in [2.75, 3.05) is 19.8 Å². The van der Waals surface area contributed by atoms with Crippen LogP contribution in [0.15, 0.2) is 11.6 Å². The first kappa shape index (κ1) is 14.6. The molecule has 0 aliphatic carbocycles. The molecule has 5 nitrogen and oxygen atoms in total. The van der Waals surface area contributed by atoms with Gasteiger partial charge in [0.2, 0.25) is 0 Å². The zero-order valence-electron chi connectivity index (χ0n) is 9.82. The van der Waals surface area contributed by atoms with E-state index in [4.69, 9.17) is 15.2 Å². The van der Waals surface area contributed by atoms with Gasteiger partial charge in [0, 0.05) is 11.6 Å². The molecule has 0 bridgehead atoms. The van der Waals surface area contributed by atoms with Gasteiger partial charge in [-0.3, -0.25) is 0 Å². The molecule has 0 aliphatic heterocycles. The second kappa shape index (κ2) is 8.91. The fourth-order valence-electron chi connectivity index (χ4n) is 1.08. The third-order valence-corrected chi connectivity index (χ3v) is 1.77. The molecular formula is C11H19NO4. The van der Waals surface area contributed by atoms with Crippen LogP contribution in [0.4, 0.5) is 0 Å². The third kappa shape index (κ3) is 6.19. The molecule has 0 saturated heterocycles. The van der Waals surface area contributed by atoms with Crippen LogP contribution >= 0.6 is 0 Å². The molecular weight excluding hydrogens is 210 g/mol. The van der Waals surface area contributed by atoms with Gasteiger partial charge in [-0.25, -0.2) is 9.59 Å². The van der Waals surface area contributed by atoms with E-state index < -0.39 is 11.9 Å². The summed E-state index contributed by atoms with van der Waals surface area (Å²) in [6, 6.07) is 0. The summed E-state index contributed by atoms with van der Waals surface area (Å²) in [7, 11) is 0. The Morgan fingerprint density at radius 3 is 2.31 bits per heavy atom. The van der Waals surface area contributed by atoms with Crippen molar-refractivity contribution >= 4 is 11.9 Å². The van der Waals surface area contributed by atoms with Crippen molar-refractivity contribution in [2.24, 2.45) is 5.73 Å². The smallest absolute Gasteiger partial charge is 0.334 e. The summed E-state index contributed by atoms with van der Waals surface area (Å²) in [5, 5.41) is 0. The monoisotopic (exact) mass is 229 g/mol. The lowest BCUT2D eigenvalue weighted by Crippen LogP contribution is -2.12.